The first kappa shape index (κ1) is 22.4. The molecule has 0 spiro atoms. The van der Waals surface area contributed by atoms with Crippen molar-refractivity contribution >= 4 is 33.2 Å². The van der Waals surface area contributed by atoms with Crippen molar-refractivity contribution in [1.82, 2.24) is 5.32 Å². The lowest BCUT2D eigenvalue weighted by molar-refractivity contribution is -0.124. The number of ether oxygens (including phenoxy) is 2. The van der Waals surface area contributed by atoms with Crippen LogP contribution in [0, 0.1) is 0 Å². The van der Waals surface area contributed by atoms with Gasteiger partial charge in [0.25, 0.3) is 15.9 Å². The molecule has 7 nitrogen and oxygen atoms in total. The van der Waals surface area contributed by atoms with E-state index in [1.807, 2.05) is 31.2 Å². The molecule has 2 aromatic carbocycles. The fraction of sp³-hybridized carbons (Fsp3) is 0.381. The van der Waals surface area contributed by atoms with Crippen molar-refractivity contribution in [2.75, 3.05) is 31.2 Å². The standard InChI is InChI=1S/C21H25ClN2O5S/c1-15(13-28-2)23-21(25)14-29-20-10-9-17(12-18(20)22)30(26,27)24-11-5-7-16-6-3-4-8-19(16)24/h3-4,6,8-10,12,15H,5,7,11,13-14H2,1-2H3,(H,23,25)/t15-/m0/s1. The van der Waals surface area contributed by atoms with Crippen LogP contribution in [0.15, 0.2) is 47.4 Å². The van der Waals surface area contributed by atoms with Crippen LogP contribution in [0.25, 0.3) is 0 Å². The first-order valence-electron chi connectivity index (χ1n) is 9.64. The fourth-order valence-corrected chi connectivity index (χ4v) is 5.25. The summed E-state index contributed by atoms with van der Waals surface area (Å²) in [6.07, 6.45) is 1.60. The first-order valence-corrected chi connectivity index (χ1v) is 11.5. The normalized spacial score (nSPS) is 14.7. The zero-order chi connectivity index (χ0) is 21.7. The van der Waals surface area contributed by atoms with Gasteiger partial charge in [-0.15, -0.1) is 0 Å². The van der Waals surface area contributed by atoms with Gasteiger partial charge in [-0.1, -0.05) is 29.8 Å². The van der Waals surface area contributed by atoms with E-state index in [9.17, 15) is 13.2 Å². The monoisotopic (exact) mass is 452 g/mol. The quantitative estimate of drug-likeness (QED) is 0.665. The number of anilines is 1. The van der Waals surface area contributed by atoms with Gasteiger partial charge in [0.15, 0.2) is 6.61 Å². The molecule has 1 N–H and O–H groups in total. The number of methoxy groups -OCH3 is 1. The van der Waals surface area contributed by atoms with Crippen molar-refractivity contribution in [3.05, 3.63) is 53.1 Å². The molecule has 1 atom stereocenters. The topological polar surface area (TPSA) is 84.9 Å². The summed E-state index contributed by atoms with van der Waals surface area (Å²) < 4.78 is 38.3. The molecular weight excluding hydrogens is 428 g/mol. The van der Waals surface area contributed by atoms with Gasteiger partial charge in [0, 0.05) is 19.7 Å². The molecule has 1 aliphatic rings. The van der Waals surface area contributed by atoms with E-state index < -0.39 is 10.0 Å². The SMILES string of the molecule is COC[C@H](C)NC(=O)COc1ccc(S(=O)(=O)N2CCCc3ccccc32)cc1Cl. The minimum Gasteiger partial charge on any atom is -0.482 e. The van der Waals surface area contributed by atoms with Gasteiger partial charge < -0.3 is 14.8 Å². The number of nitrogens with zero attached hydrogens (tertiary/aromatic N) is 1. The number of sulfonamides is 1. The van der Waals surface area contributed by atoms with Gasteiger partial charge in [0.05, 0.1) is 22.2 Å². The highest BCUT2D eigenvalue weighted by molar-refractivity contribution is 7.92. The number of hydrogen-bond acceptors (Lipinski definition) is 5. The van der Waals surface area contributed by atoms with Crippen LogP contribution in [-0.4, -0.2) is 47.2 Å². The molecule has 9 heteroatoms. The highest BCUT2D eigenvalue weighted by Gasteiger charge is 2.29. The second kappa shape index (κ2) is 9.68. The highest BCUT2D eigenvalue weighted by atomic mass is 35.5. The van der Waals surface area contributed by atoms with E-state index in [0.29, 0.717) is 18.8 Å². The Hall–Kier alpha value is -2.29. The summed E-state index contributed by atoms with van der Waals surface area (Å²) in [7, 11) is -2.22. The summed E-state index contributed by atoms with van der Waals surface area (Å²) in [6, 6.07) is 11.6. The molecule has 0 fully saturated rings. The number of fused-ring (bicyclic) bond motifs is 1. The molecule has 30 heavy (non-hydrogen) atoms. The van der Waals surface area contributed by atoms with E-state index in [1.54, 1.807) is 7.11 Å². The van der Waals surface area contributed by atoms with E-state index in [2.05, 4.69) is 5.32 Å². The van der Waals surface area contributed by atoms with Crippen LogP contribution in [0.2, 0.25) is 5.02 Å². The van der Waals surface area contributed by atoms with Crippen molar-refractivity contribution in [2.45, 2.75) is 30.7 Å². The molecule has 0 saturated carbocycles. The molecule has 2 aromatic rings. The molecule has 0 unspecified atom stereocenters. The van der Waals surface area contributed by atoms with Crippen LogP contribution in [0.1, 0.15) is 18.9 Å². The van der Waals surface area contributed by atoms with E-state index in [-0.39, 0.29) is 34.2 Å². The number of benzene rings is 2. The molecule has 1 heterocycles. The predicted octanol–water partition coefficient (Wildman–Crippen LogP) is 3.01. The second-order valence-electron chi connectivity index (χ2n) is 7.11. The maximum atomic E-state index is 13.2. The van der Waals surface area contributed by atoms with E-state index in [4.69, 9.17) is 21.1 Å². The third kappa shape index (κ3) is 5.06. The van der Waals surface area contributed by atoms with Crippen molar-refractivity contribution in [1.29, 1.82) is 0 Å². The summed E-state index contributed by atoms with van der Waals surface area (Å²) in [4.78, 5) is 12.0. The van der Waals surface area contributed by atoms with Crippen molar-refractivity contribution in [3.8, 4) is 5.75 Å². The third-order valence-corrected chi connectivity index (χ3v) is 6.85. The van der Waals surface area contributed by atoms with Crippen LogP contribution in [0.3, 0.4) is 0 Å². The zero-order valence-electron chi connectivity index (χ0n) is 16.9. The molecule has 162 valence electrons. The minimum atomic E-state index is -3.77. The molecule has 0 bridgehead atoms. The van der Waals surface area contributed by atoms with Gasteiger partial charge in [-0.05, 0) is 49.6 Å². The fourth-order valence-electron chi connectivity index (χ4n) is 3.39. The van der Waals surface area contributed by atoms with Crippen molar-refractivity contribution < 1.29 is 22.7 Å². The van der Waals surface area contributed by atoms with Gasteiger partial charge in [-0.2, -0.15) is 0 Å². The Morgan fingerprint density at radius 3 is 2.77 bits per heavy atom. The number of rotatable bonds is 8. The second-order valence-corrected chi connectivity index (χ2v) is 9.38. The number of amides is 1. The zero-order valence-corrected chi connectivity index (χ0v) is 18.5. The number of para-hydroxylation sites is 1. The number of carbonyl (C=O) groups excluding carboxylic acids is 1. The molecule has 0 aliphatic carbocycles. The Morgan fingerprint density at radius 2 is 2.03 bits per heavy atom. The van der Waals surface area contributed by atoms with Gasteiger partial charge in [-0.3, -0.25) is 9.10 Å². The lowest BCUT2D eigenvalue weighted by Gasteiger charge is -2.30. The maximum Gasteiger partial charge on any atom is 0.264 e. The molecule has 0 radical (unpaired) electrons. The molecule has 1 aliphatic heterocycles. The van der Waals surface area contributed by atoms with Crippen molar-refractivity contribution in [2.24, 2.45) is 0 Å². The lowest BCUT2D eigenvalue weighted by atomic mass is 10.0. The number of carbonyl (C=O) groups is 1. The smallest absolute Gasteiger partial charge is 0.264 e. The average molecular weight is 453 g/mol. The van der Waals surface area contributed by atoms with Gasteiger partial charge in [-0.25, -0.2) is 8.42 Å². The van der Waals surface area contributed by atoms with Gasteiger partial charge >= 0.3 is 0 Å². The Bertz CT molecular complexity index is 1010. The first-order chi connectivity index (χ1) is 14.3. The summed E-state index contributed by atoms with van der Waals surface area (Å²) in [5.41, 5.74) is 1.70. The maximum absolute atomic E-state index is 13.2. The summed E-state index contributed by atoms with van der Waals surface area (Å²) in [6.45, 7) is 2.37. The van der Waals surface area contributed by atoms with Crippen molar-refractivity contribution in [3.63, 3.8) is 0 Å². The third-order valence-electron chi connectivity index (χ3n) is 4.74. The van der Waals surface area contributed by atoms with Gasteiger partial charge in [0.2, 0.25) is 0 Å². The van der Waals surface area contributed by atoms with Crippen LogP contribution in [0.4, 0.5) is 5.69 Å². The molecule has 0 aromatic heterocycles. The number of hydrogen-bond donors (Lipinski definition) is 1. The van der Waals surface area contributed by atoms with Crippen LogP contribution in [-0.2, 0) is 26.0 Å². The number of nitrogens with one attached hydrogen (secondary N) is 1. The number of aryl methyl sites for hydroxylation is 1. The minimum absolute atomic E-state index is 0.0784. The Morgan fingerprint density at radius 1 is 1.27 bits per heavy atom. The van der Waals surface area contributed by atoms with E-state index >= 15 is 0 Å². The average Bonchev–Trinajstić information content (AvgIpc) is 2.72. The number of halogens is 1. The Balaban J connectivity index is 1.73. The van der Waals surface area contributed by atoms with Crippen LogP contribution >= 0.6 is 11.6 Å². The predicted molar refractivity (Wildman–Crippen MR) is 116 cm³/mol. The van der Waals surface area contributed by atoms with Crippen LogP contribution in [0.5, 0.6) is 5.75 Å². The molecular formula is C21H25ClN2O5S. The van der Waals surface area contributed by atoms with E-state index in [1.165, 1.54) is 22.5 Å². The highest BCUT2D eigenvalue weighted by Crippen LogP contribution is 2.34. The Kier molecular flexibility index (Phi) is 7.23. The Labute approximate surface area is 182 Å². The summed E-state index contributed by atoms with van der Waals surface area (Å²) >= 11 is 6.25. The molecule has 1 amide bonds. The summed E-state index contributed by atoms with van der Waals surface area (Å²) in [5.74, 6) is -0.0820. The largest absolute Gasteiger partial charge is 0.482 e. The molecule has 3 rings (SSSR count). The van der Waals surface area contributed by atoms with Gasteiger partial charge in [0.1, 0.15) is 5.75 Å². The summed E-state index contributed by atoms with van der Waals surface area (Å²) in [5, 5.41) is 2.85. The lowest BCUT2D eigenvalue weighted by Crippen LogP contribution is -2.38. The van der Waals surface area contributed by atoms with E-state index in [0.717, 1.165) is 18.4 Å². The van der Waals surface area contributed by atoms with Crippen LogP contribution < -0.4 is 14.4 Å². The molecule has 0 saturated heterocycles.